The molecule has 1 fully saturated rings. The fourth-order valence-corrected chi connectivity index (χ4v) is 3.90. The van der Waals surface area contributed by atoms with Gasteiger partial charge in [-0.2, -0.15) is 0 Å². The summed E-state index contributed by atoms with van der Waals surface area (Å²) in [6.45, 7) is 1.91. The fourth-order valence-electron chi connectivity index (χ4n) is 3.36. The van der Waals surface area contributed by atoms with Crippen LogP contribution in [0.15, 0.2) is 35.8 Å². The van der Waals surface area contributed by atoms with Gasteiger partial charge in [0.1, 0.15) is 6.54 Å². The summed E-state index contributed by atoms with van der Waals surface area (Å²) in [4.78, 5) is 42.9. The summed E-state index contributed by atoms with van der Waals surface area (Å²) >= 11 is 1.32. The van der Waals surface area contributed by atoms with Crippen LogP contribution in [0.3, 0.4) is 0 Å². The highest BCUT2D eigenvalue weighted by Crippen LogP contribution is 2.19. The molecule has 8 heteroatoms. The van der Waals surface area contributed by atoms with Gasteiger partial charge in [-0.25, -0.2) is 4.98 Å². The van der Waals surface area contributed by atoms with Crippen LogP contribution in [0.1, 0.15) is 44.1 Å². The van der Waals surface area contributed by atoms with Gasteiger partial charge in [0.15, 0.2) is 5.13 Å². The molecule has 7 nitrogen and oxygen atoms in total. The lowest BCUT2D eigenvalue weighted by Gasteiger charge is -2.23. The van der Waals surface area contributed by atoms with Gasteiger partial charge in [0.05, 0.1) is 0 Å². The Hall–Kier alpha value is -2.74. The van der Waals surface area contributed by atoms with E-state index in [1.807, 2.05) is 31.2 Å². The lowest BCUT2D eigenvalue weighted by atomic mass is 10.2. The van der Waals surface area contributed by atoms with E-state index in [1.165, 1.54) is 16.2 Å². The molecule has 0 radical (unpaired) electrons. The average Bonchev–Trinajstić information content (AvgIpc) is 3.39. The van der Waals surface area contributed by atoms with Crippen LogP contribution in [-0.2, 0) is 14.4 Å². The van der Waals surface area contributed by atoms with Gasteiger partial charge in [-0.05, 0) is 31.9 Å². The van der Waals surface area contributed by atoms with Gasteiger partial charge >= 0.3 is 0 Å². The molecule has 1 aliphatic carbocycles. The van der Waals surface area contributed by atoms with Crippen LogP contribution in [0, 0.1) is 6.92 Å². The monoisotopic (exact) mass is 414 g/mol. The summed E-state index contributed by atoms with van der Waals surface area (Å²) in [5, 5.41) is 7.97. The maximum Gasteiger partial charge on any atom is 0.240 e. The zero-order chi connectivity index (χ0) is 20.6. The van der Waals surface area contributed by atoms with E-state index in [-0.39, 0.29) is 43.1 Å². The summed E-state index contributed by atoms with van der Waals surface area (Å²) in [6.07, 6.45) is 5.88. The minimum atomic E-state index is -0.271. The van der Waals surface area contributed by atoms with Gasteiger partial charge in [0, 0.05) is 36.1 Å². The third kappa shape index (κ3) is 6.39. The maximum atomic E-state index is 12.9. The Morgan fingerprint density at radius 2 is 1.83 bits per heavy atom. The average molecular weight is 415 g/mol. The van der Waals surface area contributed by atoms with Gasteiger partial charge in [-0.3, -0.25) is 14.4 Å². The van der Waals surface area contributed by atoms with E-state index < -0.39 is 0 Å². The Balaban J connectivity index is 1.61. The number of aryl methyl sites for hydroxylation is 1. The number of hydrogen-bond acceptors (Lipinski definition) is 5. The minimum absolute atomic E-state index is 0.0157. The number of nitrogens with zero attached hydrogens (tertiary/aromatic N) is 2. The highest BCUT2D eigenvalue weighted by molar-refractivity contribution is 7.13. The van der Waals surface area contributed by atoms with E-state index in [2.05, 4.69) is 15.6 Å². The van der Waals surface area contributed by atoms with E-state index in [1.54, 1.807) is 11.6 Å². The van der Waals surface area contributed by atoms with Crippen molar-refractivity contribution in [3.63, 3.8) is 0 Å². The summed E-state index contributed by atoms with van der Waals surface area (Å²) in [7, 11) is 0. The summed E-state index contributed by atoms with van der Waals surface area (Å²) in [6, 6.07) is 7.65. The molecule has 154 valence electrons. The molecular weight excluding hydrogens is 388 g/mol. The molecule has 0 bridgehead atoms. The summed E-state index contributed by atoms with van der Waals surface area (Å²) in [5.74, 6) is -0.699. The normalized spacial score (nSPS) is 13.8. The van der Waals surface area contributed by atoms with Crippen LogP contribution in [0.25, 0.3) is 0 Å². The predicted molar refractivity (Wildman–Crippen MR) is 114 cm³/mol. The largest absolute Gasteiger partial charge is 0.352 e. The third-order valence-corrected chi connectivity index (χ3v) is 5.60. The maximum absolute atomic E-state index is 12.9. The molecule has 1 aromatic carbocycles. The topological polar surface area (TPSA) is 91.4 Å². The number of nitrogens with one attached hydrogen (secondary N) is 2. The first kappa shape index (κ1) is 21.0. The first-order valence-electron chi connectivity index (χ1n) is 9.87. The van der Waals surface area contributed by atoms with Crippen LogP contribution in [0.5, 0.6) is 0 Å². The molecular formula is C21H26N4O3S. The van der Waals surface area contributed by atoms with Crippen molar-refractivity contribution in [1.29, 1.82) is 0 Å². The SMILES string of the molecule is Cc1ccc(N(CC(=O)NC2CCCC2)C(=O)CCC(=O)Nc2nccs2)cc1. The van der Waals surface area contributed by atoms with Crippen molar-refractivity contribution in [3.05, 3.63) is 41.4 Å². The van der Waals surface area contributed by atoms with Crippen molar-refractivity contribution in [2.75, 3.05) is 16.8 Å². The van der Waals surface area contributed by atoms with E-state index >= 15 is 0 Å². The number of anilines is 2. The van der Waals surface area contributed by atoms with Crippen molar-refractivity contribution in [3.8, 4) is 0 Å². The van der Waals surface area contributed by atoms with Gasteiger partial charge in [0.2, 0.25) is 17.7 Å². The first-order valence-corrected chi connectivity index (χ1v) is 10.7. The van der Waals surface area contributed by atoms with E-state index in [9.17, 15) is 14.4 Å². The highest BCUT2D eigenvalue weighted by Gasteiger charge is 2.23. The molecule has 0 spiro atoms. The fraction of sp³-hybridized carbons (Fsp3) is 0.429. The number of benzene rings is 1. The first-order chi connectivity index (χ1) is 14.0. The number of carbonyl (C=O) groups excluding carboxylic acids is 3. The molecule has 1 heterocycles. The van der Waals surface area contributed by atoms with Crippen LogP contribution < -0.4 is 15.5 Å². The van der Waals surface area contributed by atoms with E-state index in [0.29, 0.717) is 10.8 Å². The third-order valence-electron chi connectivity index (χ3n) is 4.91. The smallest absolute Gasteiger partial charge is 0.240 e. The quantitative estimate of drug-likeness (QED) is 0.694. The Kier molecular flexibility index (Phi) is 7.35. The number of hydrogen-bond donors (Lipinski definition) is 2. The Bertz CT molecular complexity index is 830. The molecule has 0 atom stereocenters. The number of aromatic nitrogens is 1. The predicted octanol–water partition coefficient (Wildman–Crippen LogP) is 3.26. The molecule has 1 aliphatic rings. The molecule has 2 N–H and O–H groups in total. The summed E-state index contributed by atoms with van der Waals surface area (Å²) in [5.41, 5.74) is 1.72. The van der Waals surface area contributed by atoms with Gasteiger partial charge in [-0.15, -0.1) is 11.3 Å². The standard InChI is InChI=1S/C21H26N4O3S/c1-15-6-8-17(9-7-15)25(14-19(27)23-16-4-2-3-5-16)20(28)11-10-18(26)24-21-22-12-13-29-21/h6-9,12-13,16H,2-5,10-11,14H2,1H3,(H,23,27)(H,22,24,26). The number of rotatable bonds is 8. The van der Waals surface area contributed by atoms with Crippen molar-refractivity contribution >= 4 is 39.9 Å². The van der Waals surface area contributed by atoms with Crippen molar-refractivity contribution < 1.29 is 14.4 Å². The molecule has 2 aromatic rings. The molecule has 0 aliphatic heterocycles. The van der Waals surface area contributed by atoms with Gasteiger partial charge < -0.3 is 15.5 Å². The lowest BCUT2D eigenvalue weighted by Crippen LogP contribution is -2.43. The van der Waals surface area contributed by atoms with Crippen LogP contribution >= 0.6 is 11.3 Å². The van der Waals surface area contributed by atoms with Crippen LogP contribution in [0.4, 0.5) is 10.8 Å². The molecule has 1 aromatic heterocycles. The summed E-state index contributed by atoms with van der Waals surface area (Å²) < 4.78 is 0. The van der Waals surface area contributed by atoms with E-state index in [4.69, 9.17) is 0 Å². The molecule has 3 rings (SSSR count). The Morgan fingerprint density at radius 3 is 2.48 bits per heavy atom. The van der Waals surface area contributed by atoms with E-state index in [0.717, 1.165) is 31.2 Å². The second kappa shape index (κ2) is 10.2. The number of carbonyl (C=O) groups is 3. The van der Waals surface area contributed by atoms with Crippen molar-refractivity contribution in [2.45, 2.75) is 51.5 Å². The van der Waals surface area contributed by atoms with Gasteiger partial charge in [-0.1, -0.05) is 30.5 Å². The zero-order valence-electron chi connectivity index (χ0n) is 16.5. The second-order valence-electron chi connectivity index (χ2n) is 7.25. The Labute approximate surface area is 174 Å². The van der Waals surface area contributed by atoms with Crippen molar-refractivity contribution in [1.82, 2.24) is 10.3 Å². The van der Waals surface area contributed by atoms with Crippen LogP contribution in [0.2, 0.25) is 0 Å². The number of thiazole rings is 1. The lowest BCUT2D eigenvalue weighted by molar-refractivity contribution is -0.125. The molecule has 3 amide bonds. The molecule has 1 saturated carbocycles. The molecule has 0 saturated heterocycles. The molecule has 0 unspecified atom stereocenters. The second-order valence-corrected chi connectivity index (χ2v) is 8.14. The Morgan fingerprint density at radius 1 is 1.10 bits per heavy atom. The zero-order valence-corrected chi connectivity index (χ0v) is 17.3. The van der Waals surface area contributed by atoms with Gasteiger partial charge in [0.25, 0.3) is 0 Å². The minimum Gasteiger partial charge on any atom is -0.352 e. The molecule has 29 heavy (non-hydrogen) atoms. The highest BCUT2D eigenvalue weighted by atomic mass is 32.1. The number of amides is 3. The van der Waals surface area contributed by atoms with Crippen molar-refractivity contribution in [2.24, 2.45) is 0 Å². The van der Waals surface area contributed by atoms with Crippen LogP contribution in [-0.4, -0.2) is 35.3 Å².